The maximum atomic E-state index is 12.9. The predicted octanol–water partition coefficient (Wildman–Crippen LogP) is 1.69. The van der Waals surface area contributed by atoms with Gasteiger partial charge in [0.25, 0.3) is 5.91 Å². The van der Waals surface area contributed by atoms with Crippen LogP contribution in [-0.4, -0.2) is 48.4 Å². The lowest BCUT2D eigenvalue weighted by Gasteiger charge is -2.31. The SMILES string of the molecule is CCc1nc([C@@H]2CCCN(C(=O)c3nccn4ccnc34)C2)no1. The fraction of sp³-hybridized carbons (Fsp3) is 0.438. The van der Waals surface area contributed by atoms with Gasteiger partial charge in [-0.05, 0) is 12.8 Å². The van der Waals surface area contributed by atoms with Crippen molar-refractivity contribution in [1.82, 2.24) is 29.4 Å². The van der Waals surface area contributed by atoms with Crippen molar-refractivity contribution in [1.29, 1.82) is 0 Å². The van der Waals surface area contributed by atoms with E-state index in [0.29, 0.717) is 42.6 Å². The molecule has 1 saturated heterocycles. The summed E-state index contributed by atoms with van der Waals surface area (Å²) in [5, 5.41) is 4.06. The second-order valence-electron chi connectivity index (χ2n) is 5.92. The van der Waals surface area contributed by atoms with E-state index in [2.05, 4.69) is 20.1 Å². The first kappa shape index (κ1) is 14.8. The number of fused-ring (bicyclic) bond motifs is 1. The van der Waals surface area contributed by atoms with Crippen molar-refractivity contribution < 1.29 is 9.32 Å². The summed E-state index contributed by atoms with van der Waals surface area (Å²) in [6.07, 6.45) is 9.45. The van der Waals surface area contributed by atoms with Crippen LogP contribution in [0.25, 0.3) is 5.65 Å². The van der Waals surface area contributed by atoms with Crippen LogP contribution in [0.5, 0.6) is 0 Å². The third-order valence-electron chi connectivity index (χ3n) is 4.37. The molecule has 1 atom stereocenters. The molecule has 1 aliphatic rings. The van der Waals surface area contributed by atoms with Crippen LogP contribution in [0.3, 0.4) is 0 Å². The summed E-state index contributed by atoms with van der Waals surface area (Å²) in [5.74, 6) is 1.33. The highest BCUT2D eigenvalue weighted by atomic mass is 16.5. The van der Waals surface area contributed by atoms with Gasteiger partial charge in [0.1, 0.15) is 0 Å². The number of amides is 1. The third-order valence-corrected chi connectivity index (χ3v) is 4.37. The van der Waals surface area contributed by atoms with E-state index in [1.165, 1.54) is 0 Å². The molecule has 1 aliphatic heterocycles. The van der Waals surface area contributed by atoms with Gasteiger partial charge in [-0.1, -0.05) is 12.1 Å². The zero-order chi connectivity index (χ0) is 16.5. The van der Waals surface area contributed by atoms with E-state index in [9.17, 15) is 4.79 Å². The molecule has 0 radical (unpaired) electrons. The van der Waals surface area contributed by atoms with Gasteiger partial charge in [-0.3, -0.25) is 4.79 Å². The second-order valence-corrected chi connectivity index (χ2v) is 5.92. The summed E-state index contributed by atoms with van der Waals surface area (Å²) >= 11 is 0. The lowest BCUT2D eigenvalue weighted by Crippen LogP contribution is -2.40. The average molecular weight is 326 g/mol. The zero-order valence-corrected chi connectivity index (χ0v) is 13.4. The molecule has 0 saturated carbocycles. The Hall–Kier alpha value is -2.77. The third kappa shape index (κ3) is 2.53. The van der Waals surface area contributed by atoms with Crippen molar-refractivity contribution in [2.24, 2.45) is 0 Å². The van der Waals surface area contributed by atoms with Gasteiger partial charge < -0.3 is 13.8 Å². The van der Waals surface area contributed by atoms with Crippen LogP contribution in [0.2, 0.25) is 0 Å². The highest BCUT2D eigenvalue weighted by Gasteiger charge is 2.30. The summed E-state index contributed by atoms with van der Waals surface area (Å²) in [6, 6.07) is 0. The number of carbonyl (C=O) groups excluding carboxylic acids is 1. The zero-order valence-electron chi connectivity index (χ0n) is 13.4. The molecule has 24 heavy (non-hydrogen) atoms. The predicted molar refractivity (Wildman–Crippen MR) is 84.5 cm³/mol. The van der Waals surface area contributed by atoms with Gasteiger partial charge in [0.15, 0.2) is 17.2 Å². The number of likely N-dealkylation sites (tertiary alicyclic amines) is 1. The highest BCUT2D eigenvalue weighted by molar-refractivity contribution is 5.97. The number of nitrogens with zero attached hydrogens (tertiary/aromatic N) is 6. The quantitative estimate of drug-likeness (QED) is 0.727. The van der Waals surface area contributed by atoms with Gasteiger partial charge >= 0.3 is 0 Å². The smallest absolute Gasteiger partial charge is 0.276 e. The largest absolute Gasteiger partial charge is 0.339 e. The molecular weight excluding hydrogens is 308 g/mol. The Kier molecular flexibility index (Phi) is 3.72. The van der Waals surface area contributed by atoms with Crippen molar-refractivity contribution in [3.8, 4) is 0 Å². The number of aryl methyl sites for hydroxylation is 1. The second kappa shape index (κ2) is 6.03. The van der Waals surface area contributed by atoms with E-state index in [1.807, 2.05) is 11.8 Å². The molecule has 0 aliphatic carbocycles. The van der Waals surface area contributed by atoms with E-state index in [0.717, 1.165) is 12.8 Å². The van der Waals surface area contributed by atoms with Crippen molar-refractivity contribution >= 4 is 11.6 Å². The Morgan fingerprint density at radius 3 is 2.96 bits per heavy atom. The molecule has 0 spiro atoms. The van der Waals surface area contributed by atoms with E-state index >= 15 is 0 Å². The lowest BCUT2D eigenvalue weighted by atomic mass is 9.97. The van der Waals surface area contributed by atoms with Gasteiger partial charge in [0.05, 0.1) is 0 Å². The molecule has 4 rings (SSSR count). The monoisotopic (exact) mass is 326 g/mol. The Bertz CT molecular complexity index is 870. The van der Waals surface area contributed by atoms with Crippen LogP contribution in [0.4, 0.5) is 0 Å². The van der Waals surface area contributed by atoms with Gasteiger partial charge in [-0.2, -0.15) is 4.98 Å². The topological polar surface area (TPSA) is 89.4 Å². The lowest BCUT2D eigenvalue weighted by molar-refractivity contribution is 0.0699. The summed E-state index contributed by atoms with van der Waals surface area (Å²) in [4.78, 5) is 27.6. The number of rotatable bonds is 3. The van der Waals surface area contributed by atoms with Crippen molar-refractivity contribution in [3.63, 3.8) is 0 Å². The van der Waals surface area contributed by atoms with E-state index in [-0.39, 0.29) is 11.8 Å². The first-order valence-electron chi connectivity index (χ1n) is 8.15. The van der Waals surface area contributed by atoms with Crippen LogP contribution in [0, 0.1) is 0 Å². The molecule has 0 bridgehead atoms. The maximum absolute atomic E-state index is 12.9. The number of piperidine rings is 1. The number of aromatic nitrogens is 5. The van der Waals surface area contributed by atoms with Crippen molar-refractivity contribution in [2.45, 2.75) is 32.1 Å². The Morgan fingerprint density at radius 2 is 2.17 bits per heavy atom. The molecule has 3 aromatic heterocycles. The number of hydrogen-bond acceptors (Lipinski definition) is 6. The van der Waals surface area contributed by atoms with Gasteiger partial charge in [0, 0.05) is 50.2 Å². The normalized spacial score (nSPS) is 18.2. The van der Waals surface area contributed by atoms with Gasteiger partial charge in [-0.15, -0.1) is 0 Å². The van der Waals surface area contributed by atoms with Crippen LogP contribution in [0.15, 0.2) is 29.3 Å². The Balaban J connectivity index is 1.57. The van der Waals surface area contributed by atoms with Crippen molar-refractivity contribution in [2.75, 3.05) is 13.1 Å². The number of imidazole rings is 1. The fourth-order valence-corrected chi connectivity index (χ4v) is 3.10. The molecule has 124 valence electrons. The van der Waals surface area contributed by atoms with Crippen molar-refractivity contribution in [3.05, 3.63) is 42.2 Å². The molecule has 1 amide bonds. The van der Waals surface area contributed by atoms with Crippen LogP contribution >= 0.6 is 0 Å². The van der Waals surface area contributed by atoms with E-state index in [1.54, 1.807) is 29.2 Å². The molecule has 0 N–H and O–H groups in total. The Morgan fingerprint density at radius 1 is 1.33 bits per heavy atom. The summed E-state index contributed by atoms with van der Waals surface area (Å²) in [6.45, 7) is 3.26. The average Bonchev–Trinajstić information content (AvgIpc) is 3.30. The molecule has 8 heteroatoms. The summed E-state index contributed by atoms with van der Waals surface area (Å²) in [7, 11) is 0. The maximum Gasteiger partial charge on any atom is 0.276 e. The minimum absolute atomic E-state index is 0.101. The molecule has 0 unspecified atom stereocenters. The first-order chi connectivity index (χ1) is 11.8. The van der Waals surface area contributed by atoms with Crippen LogP contribution in [-0.2, 0) is 6.42 Å². The highest BCUT2D eigenvalue weighted by Crippen LogP contribution is 2.26. The summed E-state index contributed by atoms with van der Waals surface area (Å²) < 4.78 is 7.00. The fourth-order valence-electron chi connectivity index (χ4n) is 3.10. The minimum atomic E-state index is -0.101. The number of hydrogen-bond donors (Lipinski definition) is 0. The number of carbonyl (C=O) groups is 1. The van der Waals surface area contributed by atoms with E-state index in [4.69, 9.17) is 4.52 Å². The minimum Gasteiger partial charge on any atom is -0.339 e. The van der Waals surface area contributed by atoms with Gasteiger partial charge in [-0.25, -0.2) is 9.97 Å². The summed E-state index contributed by atoms with van der Waals surface area (Å²) in [5.41, 5.74) is 0.961. The standard InChI is InChI=1S/C16H18N6O2/c1-2-12-19-14(20-24-12)11-4-3-7-22(10-11)16(23)13-15-18-6-9-21(15)8-5-17-13/h5-6,8-9,11H,2-4,7,10H2,1H3/t11-/m1/s1. The van der Waals surface area contributed by atoms with Crippen LogP contribution in [0.1, 0.15) is 47.9 Å². The van der Waals surface area contributed by atoms with E-state index < -0.39 is 0 Å². The molecule has 4 heterocycles. The van der Waals surface area contributed by atoms with Crippen LogP contribution < -0.4 is 0 Å². The molecule has 3 aromatic rings. The molecular formula is C16H18N6O2. The molecule has 8 nitrogen and oxygen atoms in total. The Labute approximate surface area is 138 Å². The molecule has 1 fully saturated rings. The van der Waals surface area contributed by atoms with Gasteiger partial charge in [0.2, 0.25) is 5.89 Å². The molecule has 0 aromatic carbocycles. The first-order valence-corrected chi connectivity index (χ1v) is 8.15.